The van der Waals surface area contributed by atoms with E-state index in [9.17, 15) is 4.79 Å². The number of benzene rings is 1. The first-order valence-corrected chi connectivity index (χ1v) is 6.83. The van der Waals surface area contributed by atoms with E-state index in [2.05, 4.69) is 17.6 Å². The molecule has 1 aliphatic rings. The van der Waals surface area contributed by atoms with Crippen LogP contribution >= 0.6 is 0 Å². The van der Waals surface area contributed by atoms with Gasteiger partial charge in [0.1, 0.15) is 0 Å². The van der Waals surface area contributed by atoms with Crippen molar-refractivity contribution in [3.05, 3.63) is 29.8 Å². The van der Waals surface area contributed by atoms with Gasteiger partial charge in [0.05, 0.1) is 13.2 Å². The summed E-state index contributed by atoms with van der Waals surface area (Å²) in [6, 6.07) is 8.13. The van der Waals surface area contributed by atoms with Gasteiger partial charge in [0.2, 0.25) is 5.91 Å². The van der Waals surface area contributed by atoms with Gasteiger partial charge in [-0.15, -0.1) is 0 Å². The number of nitrogens with one attached hydrogen (secondary N) is 2. The Balaban J connectivity index is 1.75. The quantitative estimate of drug-likeness (QED) is 0.852. The van der Waals surface area contributed by atoms with Crippen molar-refractivity contribution in [2.45, 2.75) is 26.3 Å². The first-order valence-electron chi connectivity index (χ1n) is 6.83. The van der Waals surface area contributed by atoms with Crippen molar-refractivity contribution in [2.24, 2.45) is 5.92 Å². The third-order valence-electron chi connectivity index (χ3n) is 3.56. The molecule has 2 unspecified atom stereocenters. The van der Waals surface area contributed by atoms with E-state index < -0.39 is 0 Å². The van der Waals surface area contributed by atoms with Crippen molar-refractivity contribution >= 4 is 11.6 Å². The zero-order chi connectivity index (χ0) is 13.7. The largest absolute Gasteiger partial charge is 0.381 e. The third kappa shape index (κ3) is 4.33. The van der Waals surface area contributed by atoms with E-state index in [0.29, 0.717) is 18.5 Å². The van der Waals surface area contributed by atoms with E-state index in [1.54, 1.807) is 0 Å². The van der Waals surface area contributed by atoms with Crippen LogP contribution in [-0.4, -0.2) is 31.7 Å². The van der Waals surface area contributed by atoms with Crippen LogP contribution in [0, 0.1) is 12.8 Å². The van der Waals surface area contributed by atoms with Crippen LogP contribution in [0.15, 0.2) is 24.3 Å². The highest BCUT2D eigenvalue weighted by atomic mass is 16.5. The van der Waals surface area contributed by atoms with Crippen LogP contribution in [0.5, 0.6) is 0 Å². The summed E-state index contributed by atoms with van der Waals surface area (Å²) in [5.41, 5.74) is 1.99. The monoisotopic (exact) mass is 262 g/mol. The maximum Gasteiger partial charge on any atom is 0.238 e. The molecule has 0 radical (unpaired) electrons. The van der Waals surface area contributed by atoms with Gasteiger partial charge in [0.15, 0.2) is 0 Å². The molecule has 2 N–H and O–H groups in total. The summed E-state index contributed by atoms with van der Waals surface area (Å²) in [4.78, 5) is 11.8. The molecule has 1 aliphatic heterocycles. The Bertz CT molecular complexity index is 428. The Morgan fingerprint density at radius 2 is 2.37 bits per heavy atom. The molecule has 1 aromatic carbocycles. The van der Waals surface area contributed by atoms with Gasteiger partial charge in [-0.2, -0.15) is 0 Å². The van der Waals surface area contributed by atoms with Crippen LogP contribution in [0.3, 0.4) is 0 Å². The zero-order valence-electron chi connectivity index (χ0n) is 11.6. The number of amides is 1. The Morgan fingerprint density at radius 3 is 3.05 bits per heavy atom. The summed E-state index contributed by atoms with van der Waals surface area (Å²) in [6.45, 7) is 6.10. The summed E-state index contributed by atoms with van der Waals surface area (Å²) < 4.78 is 5.35. The van der Waals surface area contributed by atoms with Gasteiger partial charge in [-0.1, -0.05) is 12.1 Å². The van der Waals surface area contributed by atoms with Gasteiger partial charge in [-0.05, 0) is 43.9 Å². The number of ether oxygens (including phenoxy) is 1. The van der Waals surface area contributed by atoms with E-state index in [1.165, 1.54) is 0 Å². The molecule has 1 fully saturated rings. The van der Waals surface area contributed by atoms with Crippen LogP contribution in [0.25, 0.3) is 0 Å². The molecule has 0 saturated carbocycles. The smallest absolute Gasteiger partial charge is 0.238 e. The molecule has 0 spiro atoms. The lowest BCUT2D eigenvalue weighted by atomic mass is 10.0. The molecule has 104 valence electrons. The second-order valence-corrected chi connectivity index (χ2v) is 5.21. The Labute approximate surface area is 114 Å². The van der Waals surface area contributed by atoms with Gasteiger partial charge in [-0.3, -0.25) is 4.79 Å². The lowest BCUT2D eigenvalue weighted by Gasteiger charge is -2.18. The van der Waals surface area contributed by atoms with Crippen molar-refractivity contribution in [2.75, 3.05) is 25.1 Å². The maximum atomic E-state index is 11.8. The lowest BCUT2D eigenvalue weighted by Crippen LogP contribution is -2.39. The molecule has 0 aliphatic carbocycles. The number of carbonyl (C=O) groups is 1. The van der Waals surface area contributed by atoms with Gasteiger partial charge in [0, 0.05) is 18.3 Å². The summed E-state index contributed by atoms with van der Waals surface area (Å²) in [7, 11) is 0. The van der Waals surface area contributed by atoms with Crippen LogP contribution in [-0.2, 0) is 9.53 Å². The standard InChI is InChI=1S/C15H22N2O2/c1-11-4-3-5-14(8-11)17-15(18)9-16-12(2)13-6-7-19-10-13/h3-5,8,12-13,16H,6-7,9-10H2,1-2H3,(H,17,18). The SMILES string of the molecule is Cc1cccc(NC(=O)CNC(C)C2CCOC2)c1. The third-order valence-corrected chi connectivity index (χ3v) is 3.56. The second kappa shape index (κ2) is 6.68. The fourth-order valence-corrected chi connectivity index (χ4v) is 2.30. The summed E-state index contributed by atoms with van der Waals surface area (Å²) in [6.07, 6.45) is 1.08. The van der Waals surface area contributed by atoms with Crippen molar-refractivity contribution in [3.8, 4) is 0 Å². The van der Waals surface area contributed by atoms with Crippen LogP contribution in [0.1, 0.15) is 18.9 Å². The first-order chi connectivity index (χ1) is 9.15. The maximum absolute atomic E-state index is 11.8. The van der Waals surface area contributed by atoms with Gasteiger partial charge in [0.25, 0.3) is 0 Å². The number of carbonyl (C=O) groups excluding carboxylic acids is 1. The van der Waals surface area contributed by atoms with Gasteiger partial charge < -0.3 is 15.4 Å². The van der Waals surface area contributed by atoms with Crippen molar-refractivity contribution in [1.29, 1.82) is 0 Å². The normalized spacial score (nSPS) is 20.2. The molecule has 1 saturated heterocycles. The fraction of sp³-hybridized carbons (Fsp3) is 0.533. The number of hydrogen-bond acceptors (Lipinski definition) is 3. The molecule has 1 amide bonds. The van der Waals surface area contributed by atoms with E-state index in [4.69, 9.17) is 4.74 Å². The number of hydrogen-bond donors (Lipinski definition) is 2. The zero-order valence-corrected chi connectivity index (χ0v) is 11.6. The number of anilines is 1. The molecular weight excluding hydrogens is 240 g/mol. The molecule has 0 bridgehead atoms. The predicted octanol–water partition coefficient (Wildman–Crippen LogP) is 1.95. The van der Waals surface area contributed by atoms with Gasteiger partial charge >= 0.3 is 0 Å². The molecule has 2 atom stereocenters. The minimum atomic E-state index is -0.00337. The second-order valence-electron chi connectivity index (χ2n) is 5.21. The molecule has 1 heterocycles. The van der Waals surface area contributed by atoms with E-state index in [0.717, 1.165) is 30.9 Å². The average Bonchev–Trinajstić information content (AvgIpc) is 2.90. The van der Waals surface area contributed by atoms with E-state index in [-0.39, 0.29) is 5.91 Å². The summed E-state index contributed by atoms with van der Waals surface area (Å²) in [5.74, 6) is 0.517. The van der Waals surface area contributed by atoms with Crippen LogP contribution in [0.2, 0.25) is 0 Å². The van der Waals surface area contributed by atoms with Crippen molar-refractivity contribution < 1.29 is 9.53 Å². The molecule has 0 aromatic heterocycles. The minimum absolute atomic E-state index is 0.00337. The molecular formula is C15H22N2O2. The summed E-state index contributed by atoms with van der Waals surface area (Å²) in [5, 5.41) is 6.16. The van der Waals surface area contributed by atoms with Crippen molar-refractivity contribution in [1.82, 2.24) is 5.32 Å². The number of rotatable bonds is 5. The molecule has 19 heavy (non-hydrogen) atoms. The summed E-state index contributed by atoms with van der Waals surface area (Å²) >= 11 is 0. The Morgan fingerprint density at radius 1 is 1.53 bits per heavy atom. The Kier molecular flexibility index (Phi) is 4.93. The van der Waals surface area contributed by atoms with Crippen molar-refractivity contribution in [3.63, 3.8) is 0 Å². The lowest BCUT2D eigenvalue weighted by molar-refractivity contribution is -0.115. The minimum Gasteiger partial charge on any atom is -0.381 e. The predicted molar refractivity (Wildman–Crippen MR) is 76.2 cm³/mol. The highest BCUT2D eigenvalue weighted by molar-refractivity contribution is 5.92. The van der Waals surface area contributed by atoms with E-state index >= 15 is 0 Å². The highest BCUT2D eigenvalue weighted by Crippen LogP contribution is 2.16. The molecule has 4 heteroatoms. The van der Waals surface area contributed by atoms with E-state index in [1.807, 2.05) is 31.2 Å². The molecule has 4 nitrogen and oxygen atoms in total. The Hall–Kier alpha value is -1.39. The first kappa shape index (κ1) is 14.0. The van der Waals surface area contributed by atoms with Crippen LogP contribution in [0.4, 0.5) is 5.69 Å². The number of aryl methyl sites for hydroxylation is 1. The average molecular weight is 262 g/mol. The van der Waals surface area contributed by atoms with Gasteiger partial charge in [-0.25, -0.2) is 0 Å². The highest BCUT2D eigenvalue weighted by Gasteiger charge is 2.22. The molecule has 1 aromatic rings. The topological polar surface area (TPSA) is 50.4 Å². The molecule has 2 rings (SSSR count). The fourth-order valence-electron chi connectivity index (χ4n) is 2.30. The van der Waals surface area contributed by atoms with Crippen LogP contribution < -0.4 is 10.6 Å².